The first-order valence-electron chi connectivity index (χ1n) is 21.3. The molecule has 0 aliphatic rings. The van der Waals surface area contributed by atoms with E-state index in [1.54, 1.807) is 6.08 Å². The van der Waals surface area contributed by atoms with Gasteiger partial charge in [-0.25, -0.2) is 15.0 Å². The van der Waals surface area contributed by atoms with Crippen LogP contribution in [0.3, 0.4) is 0 Å². The van der Waals surface area contributed by atoms with Crippen LogP contribution in [0.5, 0.6) is 0 Å². The van der Waals surface area contributed by atoms with E-state index in [-0.39, 0.29) is 0 Å². The first-order valence-corrected chi connectivity index (χ1v) is 21.3. The first kappa shape index (κ1) is 36.4. The van der Waals surface area contributed by atoms with Gasteiger partial charge < -0.3 is 9.13 Å². The number of hydrogen-bond acceptors (Lipinski definition) is 3. The second kappa shape index (κ2) is 14.6. The predicted molar refractivity (Wildman–Crippen MR) is 265 cm³/mol. The summed E-state index contributed by atoms with van der Waals surface area (Å²) in [4.78, 5) is 15.0. The second-order valence-electron chi connectivity index (χ2n) is 16.0. The Kier molecular flexibility index (Phi) is 8.47. The summed E-state index contributed by atoms with van der Waals surface area (Å²) in [5.41, 5.74) is 9.65. The molecule has 0 fully saturated rings. The maximum absolute atomic E-state index is 5.05. The van der Waals surface area contributed by atoms with Crippen molar-refractivity contribution in [1.82, 2.24) is 24.1 Å². The number of rotatable bonds is 7. The Hall–Kier alpha value is -8.41. The van der Waals surface area contributed by atoms with Gasteiger partial charge in [0.05, 0.1) is 27.8 Å². The van der Waals surface area contributed by atoms with E-state index in [0.29, 0.717) is 17.5 Å². The van der Waals surface area contributed by atoms with Gasteiger partial charge in [-0.05, 0) is 82.4 Å². The molecule has 0 aliphatic carbocycles. The molecule has 0 saturated carbocycles. The van der Waals surface area contributed by atoms with Gasteiger partial charge in [-0.3, -0.25) is 0 Å². The number of benzene rings is 9. The summed E-state index contributed by atoms with van der Waals surface area (Å²) < 4.78 is 4.91. The van der Waals surface area contributed by atoms with E-state index in [0.717, 1.165) is 49.9 Å². The molecule has 9 aromatic carbocycles. The molecule has 3 heterocycles. The van der Waals surface area contributed by atoms with Crippen molar-refractivity contribution in [3.05, 3.63) is 219 Å². The monoisotopic (exact) mass is 805 g/mol. The van der Waals surface area contributed by atoms with Crippen molar-refractivity contribution in [3.8, 4) is 34.2 Å². The summed E-state index contributed by atoms with van der Waals surface area (Å²) in [6, 6.07) is 65.6. The average molecular weight is 806 g/mol. The highest BCUT2D eigenvalue weighted by Gasteiger charge is 2.21. The zero-order valence-electron chi connectivity index (χ0n) is 34.6. The molecule has 0 N–H and O–H groups in total. The molecule has 5 heteroatoms. The van der Waals surface area contributed by atoms with Crippen LogP contribution >= 0.6 is 0 Å². The van der Waals surface area contributed by atoms with Crippen molar-refractivity contribution in [3.63, 3.8) is 0 Å². The van der Waals surface area contributed by atoms with E-state index in [1.807, 2.05) is 55.5 Å². The first-order chi connectivity index (χ1) is 31.1. The molecule has 5 nitrogen and oxygen atoms in total. The molecule has 0 atom stereocenters. The lowest BCUT2D eigenvalue weighted by molar-refractivity contribution is 1.04. The van der Waals surface area contributed by atoms with Gasteiger partial charge in [0.25, 0.3) is 0 Å². The summed E-state index contributed by atoms with van der Waals surface area (Å²) in [6.45, 7) is 5.94. The number of allylic oxidation sites excluding steroid dienone is 5. The minimum atomic E-state index is 0.594. The van der Waals surface area contributed by atoms with Crippen LogP contribution in [-0.2, 0) is 0 Å². The van der Waals surface area contributed by atoms with Crippen LogP contribution in [0.15, 0.2) is 213 Å². The van der Waals surface area contributed by atoms with E-state index in [4.69, 9.17) is 15.0 Å². The minimum absolute atomic E-state index is 0.594. The molecule has 12 rings (SSSR count). The molecule has 0 spiro atoms. The third kappa shape index (κ3) is 5.89. The lowest BCUT2D eigenvalue weighted by Crippen LogP contribution is -2.02. The normalized spacial score (nSPS) is 12.3. The lowest BCUT2D eigenvalue weighted by atomic mass is 10.0. The van der Waals surface area contributed by atoms with Crippen LogP contribution < -0.4 is 0 Å². The number of nitrogens with zero attached hydrogens (tertiary/aromatic N) is 5. The Morgan fingerprint density at radius 2 is 1.16 bits per heavy atom. The van der Waals surface area contributed by atoms with Crippen LogP contribution in [0.25, 0.3) is 116 Å². The van der Waals surface area contributed by atoms with E-state index >= 15 is 0 Å². The van der Waals surface area contributed by atoms with E-state index in [9.17, 15) is 0 Å². The topological polar surface area (TPSA) is 48.5 Å². The van der Waals surface area contributed by atoms with Crippen molar-refractivity contribution in [2.45, 2.75) is 6.92 Å². The zero-order valence-corrected chi connectivity index (χ0v) is 34.6. The fraction of sp³-hybridized carbons (Fsp3) is 0.0172. The van der Waals surface area contributed by atoms with Crippen LogP contribution in [0.2, 0.25) is 0 Å². The average Bonchev–Trinajstić information content (AvgIpc) is 3.84. The largest absolute Gasteiger partial charge is 0.309 e. The SMILES string of the molecule is C=C/C=C(\C=C/C)c1nc(-c2ccccc2)nc(-c2ccc3c(-n4c5ccccc5c5cc6c(cc54)c4c5ccccc5ccc4n6-c4ccc5ccccc5c4)cccc3c2)n1. The number of hydrogen-bond donors (Lipinski definition) is 0. The van der Waals surface area contributed by atoms with Crippen molar-refractivity contribution in [1.29, 1.82) is 0 Å². The van der Waals surface area contributed by atoms with Crippen LogP contribution in [0, 0.1) is 0 Å². The molecule has 0 radical (unpaired) electrons. The van der Waals surface area contributed by atoms with Gasteiger partial charge in [-0.1, -0.05) is 164 Å². The smallest absolute Gasteiger partial charge is 0.164 e. The molecular formula is C58H39N5. The van der Waals surface area contributed by atoms with Gasteiger partial charge in [0.1, 0.15) is 0 Å². The quantitative estimate of drug-likeness (QED) is 0.151. The molecule has 0 unspecified atom stereocenters. The summed E-state index contributed by atoms with van der Waals surface area (Å²) in [7, 11) is 0. The summed E-state index contributed by atoms with van der Waals surface area (Å²) in [5, 5.41) is 12.0. The van der Waals surface area contributed by atoms with Crippen LogP contribution in [0.4, 0.5) is 0 Å². The van der Waals surface area contributed by atoms with Gasteiger partial charge >= 0.3 is 0 Å². The fourth-order valence-electron chi connectivity index (χ4n) is 9.56. The van der Waals surface area contributed by atoms with Crippen LogP contribution in [0.1, 0.15) is 12.7 Å². The Balaban J connectivity index is 1.10. The van der Waals surface area contributed by atoms with Gasteiger partial charge in [-0.2, -0.15) is 0 Å². The number of fused-ring (bicyclic) bond motifs is 10. The summed E-state index contributed by atoms with van der Waals surface area (Å²) in [6.07, 6.45) is 7.70. The Labute approximate surface area is 363 Å². The Bertz CT molecular complexity index is 3880. The molecular weight excluding hydrogens is 767 g/mol. The molecule has 0 saturated heterocycles. The number of aromatic nitrogens is 5. The fourth-order valence-corrected chi connectivity index (χ4v) is 9.56. The number of para-hydroxylation sites is 1. The lowest BCUT2D eigenvalue weighted by Gasteiger charge is -2.13. The maximum Gasteiger partial charge on any atom is 0.164 e. The summed E-state index contributed by atoms with van der Waals surface area (Å²) in [5.74, 6) is 1.83. The summed E-state index contributed by atoms with van der Waals surface area (Å²) >= 11 is 0. The minimum Gasteiger partial charge on any atom is -0.309 e. The highest BCUT2D eigenvalue weighted by molar-refractivity contribution is 6.25. The van der Waals surface area contributed by atoms with E-state index in [1.165, 1.54) is 54.1 Å². The molecule has 296 valence electrons. The molecule has 0 bridgehead atoms. The third-order valence-electron chi connectivity index (χ3n) is 12.4. The molecule has 12 aromatic rings. The van der Waals surface area contributed by atoms with E-state index in [2.05, 4.69) is 167 Å². The third-order valence-corrected chi connectivity index (χ3v) is 12.4. The zero-order chi connectivity index (χ0) is 42.0. The van der Waals surface area contributed by atoms with Gasteiger partial charge in [0.15, 0.2) is 17.5 Å². The van der Waals surface area contributed by atoms with Crippen molar-refractivity contribution < 1.29 is 0 Å². The Morgan fingerprint density at radius 1 is 0.460 bits per heavy atom. The maximum atomic E-state index is 5.05. The predicted octanol–water partition coefficient (Wildman–Crippen LogP) is 15.0. The molecule has 3 aromatic heterocycles. The standard InChI is InChI=1S/C58H39N5/c1-3-15-39(16-4-2)56-59-57(40-19-6-5-7-20-40)61-58(60-56)43-28-31-45-42(33-43)22-14-26-50(45)63-51-25-13-12-24-47(51)48-35-54-49(36-53(48)63)55-46-23-11-10-18-38(46)29-32-52(55)62(54)44-30-27-37-17-8-9-21-41(37)34-44/h3-36H,1H2,2H3/b16-4-,39-15+. The Morgan fingerprint density at radius 3 is 2.00 bits per heavy atom. The highest BCUT2D eigenvalue weighted by Crippen LogP contribution is 2.43. The highest BCUT2D eigenvalue weighted by atomic mass is 15.0. The second-order valence-corrected chi connectivity index (χ2v) is 16.0. The molecule has 0 amide bonds. The molecule has 63 heavy (non-hydrogen) atoms. The van der Waals surface area contributed by atoms with Crippen molar-refractivity contribution in [2.75, 3.05) is 0 Å². The van der Waals surface area contributed by atoms with Gasteiger partial charge in [0, 0.05) is 49.3 Å². The van der Waals surface area contributed by atoms with Crippen molar-refractivity contribution >= 4 is 81.5 Å². The van der Waals surface area contributed by atoms with Crippen LogP contribution in [-0.4, -0.2) is 24.1 Å². The molecule has 0 aliphatic heterocycles. The van der Waals surface area contributed by atoms with Crippen molar-refractivity contribution in [2.24, 2.45) is 0 Å². The van der Waals surface area contributed by atoms with Gasteiger partial charge in [-0.15, -0.1) is 0 Å². The van der Waals surface area contributed by atoms with E-state index < -0.39 is 0 Å². The van der Waals surface area contributed by atoms with Gasteiger partial charge in [0.2, 0.25) is 0 Å².